The van der Waals surface area contributed by atoms with Crippen LogP contribution in [0.5, 0.6) is 11.5 Å². The number of halogens is 1. The maximum atomic E-state index is 13.0. The van der Waals surface area contributed by atoms with Crippen molar-refractivity contribution in [1.82, 2.24) is 4.98 Å². The van der Waals surface area contributed by atoms with Crippen LogP contribution in [0.4, 0.5) is 9.52 Å². The Hall–Kier alpha value is -3.13. The van der Waals surface area contributed by atoms with E-state index in [4.69, 9.17) is 15.2 Å². The summed E-state index contributed by atoms with van der Waals surface area (Å²) in [5.74, 6) is 1.30. The molecule has 0 bridgehead atoms. The third kappa shape index (κ3) is 4.53. The Labute approximate surface area is 160 Å². The average Bonchev–Trinajstić information content (AvgIpc) is 3.14. The minimum absolute atomic E-state index is 0.225. The smallest absolute Gasteiger partial charge is 0.195 e. The quantitative estimate of drug-likeness (QED) is 0.496. The second-order valence-electron chi connectivity index (χ2n) is 5.51. The fourth-order valence-electron chi connectivity index (χ4n) is 2.48. The molecular formula is C19H19FN4O2S. The van der Waals surface area contributed by atoms with Crippen LogP contribution in [-0.4, -0.2) is 25.2 Å². The van der Waals surface area contributed by atoms with Crippen LogP contribution >= 0.6 is 11.3 Å². The molecule has 0 spiro atoms. The van der Waals surface area contributed by atoms with Crippen molar-refractivity contribution >= 4 is 22.4 Å². The van der Waals surface area contributed by atoms with Crippen molar-refractivity contribution < 1.29 is 13.9 Å². The van der Waals surface area contributed by atoms with Crippen LogP contribution < -0.4 is 20.5 Å². The van der Waals surface area contributed by atoms with Gasteiger partial charge in [-0.2, -0.15) is 0 Å². The lowest BCUT2D eigenvalue weighted by Gasteiger charge is -2.11. The zero-order valence-corrected chi connectivity index (χ0v) is 15.7. The van der Waals surface area contributed by atoms with Gasteiger partial charge in [-0.15, -0.1) is 11.3 Å². The third-order valence-electron chi connectivity index (χ3n) is 3.82. The van der Waals surface area contributed by atoms with Gasteiger partial charge in [0.25, 0.3) is 0 Å². The van der Waals surface area contributed by atoms with E-state index in [-0.39, 0.29) is 11.8 Å². The number of aromatic nitrogens is 1. The van der Waals surface area contributed by atoms with E-state index < -0.39 is 0 Å². The summed E-state index contributed by atoms with van der Waals surface area (Å²) in [7, 11) is 3.19. The van der Waals surface area contributed by atoms with E-state index in [0.717, 1.165) is 16.8 Å². The van der Waals surface area contributed by atoms with Gasteiger partial charge in [-0.25, -0.2) is 14.4 Å². The number of nitrogens with one attached hydrogen (secondary N) is 1. The van der Waals surface area contributed by atoms with Gasteiger partial charge >= 0.3 is 0 Å². The Balaban J connectivity index is 1.71. The van der Waals surface area contributed by atoms with E-state index in [2.05, 4.69) is 15.3 Å². The van der Waals surface area contributed by atoms with Gasteiger partial charge in [0.05, 0.1) is 32.0 Å². The summed E-state index contributed by atoms with van der Waals surface area (Å²) in [6, 6.07) is 11.7. The lowest BCUT2D eigenvalue weighted by Crippen LogP contribution is -2.22. The summed E-state index contributed by atoms with van der Waals surface area (Å²) in [5.41, 5.74) is 8.35. The highest BCUT2D eigenvalue weighted by Crippen LogP contribution is 2.29. The van der Waals surface area contributed by atoms with Gasteiger partial charge in [0.1, 0.15) is 17.3 Å². The molecule has 0 saturated heterocycles. The molecule has 6 nitrogen and oxygen atoms in total. The zero-order valence-electron chi connectivity index (χ0n) is 14.9. The number of hydrogen-bond acceptors (Lipinski definition) is 5. The highest BCUT2D eigenvalue weighted by Gasteiger charge is 2.10. The molecule has 0 aliphatic carbocycles. The van der Waals surface area contributed by atoms with E-state index in [1.54, 1.807) is 26.4 Å². The van der Waals surface area contributed by atoms with E-state index >= 15 is 0 Å². The van der Waals surface area contributed by atoms with Crippen LogP contribution in [-0.2, 0) is 6.54 Å². The number of guanidine groups is 1. The van der Waals surface area contributed by atoms with Crippen molar-refractivity contribution in [3.05, 3.63) is 59.2 Å². The molecule has 0 fully saturated rings. The summed E-state index contributed by atoms with van der Waals surface area (Å²) in [4.78, 5) is 8.79. The molecule has 3 N–H and O–H groups in total. The molecule has 0 unspecified atom stereocenters. The van der Waals surface area contributed by atoms with Crippen molar-refractivity contribution in [2.24, 2.45) is 10.7 Å². The van der Waals surface area contributed by atoms with Crippen LogP contribution in [0.25, 0.3) is 11.3 Å². The molecule has 3 rings (SSSR count). The minimum atomic E-state index is -0.282. The predicted molar refractivity (Wildman–Crippen MR) is 106 cm³/mol. The Morgan fingerprint density at radius 1 is 1.15 bits per heavy atom. The predicted octanol–water partition coefficient (Wildman–Crippen LogP) is 3.89. The Morgan fingerprint density at radius 3 is 2.44 bits per heavy atom. The van der Waals surface area contributed by atoms with Crippen LogP contribution in [0.1, 0.15) is 5.56 Å². The minimum Gasteiger partial charge on any atom is -0.496 e. The zero-order chi connectivity index (χ0) is 19.2. The van der Waals surface area contributed by atoms with Gasteiger partial charge in [0.15, 0.2) is 11.1 Å². The van der Waals surface area contributed by atoms with Gasteiger partial charge < -0.3 is 20.5 Å². The number of thiazole rings is 1. The normalized spacial score (nSPS) is 11.3. The van der Waals surface area contributed by atoms with Crippen LogP contribution in [0.15, 0.2) is 52.8 Å². The summed E-state index contributed by atoms with van der Waals surface area (Å²) < 4.78 is 23.7. The molecule has 140 valence electrons. The molecule has 2 aromatic carbocycles. The van der Waals surface area contributed by atoms with Crippen molar-refractivity contribution in [2.45, 2.75) is 6.54 Å². The number of hydrogen-bond donors (Lipinski definition) is 2. The van der Waals surface area contributed by atoms with Crippen molar-refractivity contribution in [1.29, 1.82) is 0 Å². The number of benzene rings is 2. The molecule has 0 atom stereocenters. The maximum Gasteiger partial charge on any atom is 0.195 e. The summed E-state index contributed by atoms with van der Waals surface area (Å²) >= 11 is 1.39. The summed E-state index contributed by atoms with van der Waals surface area (Å²) in [5, 5.41) is 5.43. The first kappa shape index (κ1) is 18.7. The van der Waals surface area contributed by atoms with Crippen LogP contribution in [0.3, 0.4) is 0 Å². The van der Waals surface area contributed by atoms with Crippen LogP contribution in [0.2, 0.25) is 0 Å². The monoisotopic (exact) mass is 386 g/mol. The molecular weight excluding hydrogens is 367 g/mol. The molecule has 8 heteroatoms. The number of nitrogens with zero attached hydrogens (tertiary/aromatic N) is 2. The Morgan fingerprint density at radius 2 is 1.81 bits per heavy atom. The molecule has 3 aromatic rings. The molecule has 1 aromatic heterocycles. The van der Waals surface area contributed by atoms with Gasteiger partial charge in [0.2, 0.25) is 0 Å². The van der Waals surface area contributed by atoms with Gasteiger partial charge in [-0.3, -0.25) is 0 Å². The van der Waals surface area contributed by atoms with Gasteiger partial charge in [-0.1, -0.05) is 6.07 Å². The van der Waals surface area contributed by atoms with E-state index in [1.807, 2.05) is 23.6 Å². The van der Waals surface area contributed by atoms with E-state index in [0.29, 0.717) is 23.2 Å². The van der Waals surface area contributed by atoms with Crippen LogP contribution in [0, 0.1) is 5.82 Å². The molecule has 27 heavy (non-hydrogen) atoms. The number of nitrogens with two attached hydrogens (primary N) is 1. The molecule has 0 aliphatic rings. The Bertz CT molecular complexity index is 919. The highest BCUT2D eigenvalue weighted by atomic mass is 32.1. The SMILES string of the molecule is COc1cccc(OC)c1CN=C(N)Nc1nc(-c2ccc(F)cc2)cs1. The lowest BCUT2D eigenvalue weighted by atomic mass is 10.2. The second kappa shape index (κ2) is 8.50. The second-order valence-corrected chi connectivity index (χ2v) is 6.37. The molecule has 0 radical (unpaired) electrons. The average molecular weight is 386 g/mol. The van der Waals surface area contributed by atoms with Crippen molar-refractivity contribution in [2.75, 3.05) is 19.5 Å². The first-order valence-electron chi connectivity index (χ1n) is 8.09. The first-order chi connectivity index (χ1) is 13.1. The first-order valence-corrected chi connectivity index (χ1v) is 8.97. The van der Waals surface area contributed by atoms with Crippen molar-refractivity contribution in [3.8, 4) is 22.8 Å². The molecule has 1 heterocycles. The number of rotatable bonds is 6. The lowest BCUT2D eigenvalue weighted by molar-refractivity contribution is 0.385. The van der Waals surface area contributed by atoms with Crippen molar-refractivity contribution in [3.63, 3.8) is 0 Å². The highest BCUT2D eigenvalue weighted by molar-refractivity contribution is 7.14. The topological polar surface area (TPSA) is 81.8 Å². The number of aliphatic imine (C=N–C) groups is 1. The Kier molecular flexibility index (Phi) is 5.87. The largest absolute Gasteiger partial charge is 0.496 e. The van der Waals surface area contributed by atoms with Gasteiger partial charge in [0, 0.05) is 10.9 Å². The number of methoxy groups -OCH3 is 2. The maximum absolute atomic E-state index is 13.0. The molecule has 0 aliphatic heterocycles. The van der Waals surface area contributed by atoms with E-state index in [1.165, 1.54) is 23.5 Å². The molecule has 0 amide bonds. The number of anilines is 1. The fraction of sp³-hybridized carbons (Fsp3) is 0.158. The summed E-state index contributed by atoms with van der Waals surface area (Å²) in [6.45, 7) is 0.294. The van der Waals surface area contributed by atoms with Gasteiger partial charge in [-0.05, 0) is 36.4 Å². The fourth-order valence-corrected chi connectivity index (χ4v) is 3.21. The van der Waals surface area contributed by atoms with E-state index in [9.17, 15) is 4.39 Å². The molecule has 0 saturated carbocycles. The third-order valence-corrected chi connectivity index (χ3v) is 4.57. The summed E-state index contributed by atoms with van der Waals surface area (Å²) in [6.07, 6.45) is 0. The standard InChI is InChI=1S/C19H19FN4O2S/c1-25-16-4-3-5-17(26-2)14(16)10-22-18(21)24-19-23-15(11-27-19)12-6-8-13(20)9-7-12/h3-9,11H,10H2,1-2H3,(H3,21,22,23,24). The number of ether oxygens (including phenoxy) is 2.